The quantitative estimate of drug-likeness (QED) is 0.801. The van der Waals surface area contributed by atoms with E-state index in [-0.39, 0.29) is 6.10 Å². The molecular weight excluding hydrogens is 314 g/mol. The van der Waals surface area contributed by atoms with Crippen molar-refractivity contribution in [2.45, 2.75) is 11.0 Å². The summed E-state index contributed by atoms with van der Waals surface area (Å²) in [4.78, 5) is 3.54. The van der Waals surface area contributed by atoms with E-state index in [1.165, 1.54) is 10.5 Å². The summed E-state index contributed by atoms with van der Waals surface area (Å²) in [6.07, 6.45) is 0.0414. The van der Waals surface area contributed by atoms with Crippen LogP contribution in [0.1, 0.15) is 11.7 Å². The van der Waals surface area contributed by atoms with Gasteiger partial charge in [0.1, 0.15) is 11.9 Å². The zero-order valence-electron chi connectivity index (χ0n) is 12.8. The number of halogens is 1. The minimum Gasteiger partial charge on any atom is -0.484 e. The zero-order chi connectivity index (χ0) is 15.5. The number of benzene rings is 2. The van der Waals surface area contributed by atoms with Crippen molar-refractivity contribution in [1.29, 1.82) is 0 Å². The maximum atomic E-state index is 6.35. The molecule has 0 spiro atoms. The molecule has 0 fully saturated rings. The second-order valence-corrected chi connectivity index (χ2v) is 7.31. The van der Waals surface area contributed by atoms with Gasteiger partial charge in [0, 0.05) is 28.7 Å². The highest BCUT2D eigenvalue weighted by Crippen LogP contribution is 2.43. The maximum Gasteiger partial charge on any atom is 0.138 e. The Hall–Kier alpha value is -1.16. The molecule has 2 aromatic rings. The SMILES string of the molecule is CN(C)C[C@@H]1CSc2ccccc2[C@@H]1Oc1ccccc1Cl. The molecule has 4 heteroatoms. The van der Waals surface area contributed by atoms with Gasteiger partial charge < -0.3 is 9.64 Å². The lowest BCUT2D eigenvalue weighted by Gasteiger charge is -2.35. The number of fused-ring (bicyclic) bond motifs is 1. The first-order valence-corrected chi connectivity index (χ1v) is 8.79. The van der Waals surface area contributed by atoms with E-state index in [0.29, 0.717) is 10.9 Å². The Balaban J connectivity index is 1.93. The van der Waals surface area contributed by atoms with Crippen molar-refractivity contribution in [2.75, 3.05) is 26.4 Å². The van der Waals surface area contributed by atoms with Gasteiger partial charge in [0.05, 0.1) is 5.02 Å². The number of nitrogens with zero attached hydrogens (tertiary/aromatic N) is 1. The molecule has 0 saturated heterocycles. The van der Waals surface area contributed by atoms with Gasteiger partial charge >= 0.3 is 0 Å². The second kappa shape index (κ2) is 6.95. The Morgan fingerprint density at radius 1 is 1.14 bits per heavy atom. The maximum absolute atomic E-state index is 6.35. The molecule has 22 heavy (non-hydrogen) atoms. The predicted molar refractivity (Wildman–Crippen MR) is 94.0 cm³/mol. The van der Waals surface area contributed by atoms with Crippen molar-refractivity contribution in [2.24, 2.45) is 5.92 Å². The van der Waals surface area contributed by atoms with Crippen LogP contribution in [0.5, 0.6) is 5.75 Å². The monoisotopic (exact) mass is 333 g/mol. The molecule has 0 saturated carbocycles. The fraction of sp³-hybridized carbons (Fsp3) is 0.333. The number of hydrogen-bond acceptors (Lipinski definition) is 3. The van der Waals surface area contributed by atoms with Gasteiger partial charge in [0.2, 0.25) is 0 Å². The lowest BCUT2D eigenvalue weighted by atomic mass is 9.95. The highest BCUT2D eigenvalue weighted by Gasteiger charge is 2.32. The summed E-state index contributed by atoms with van der Waals surface area (Å²) in [7, 11) is 4.22. The van der Waals surface area contributed by atoms with E-state index in [1.54, 1.807) is 0 Å². The first-order valence-electron chi connectivity index (χ1n) is 7.43. The lowest BCUT2D eigenvalue weighted by molar-refractivity contribution is 0.122. The third-order valence-electron chi connectivity index (χ3n) is 3.80. The number of para-hydroxylation sites is 1. The molecule has 0 N–H and O–H groups in total. The molecule has 0 bridgehead atoms. The molecule has 0 aliphatic carbocycles. The zero-order valence-corrected chi connectivity index (χ0v) is 14.4. The van der Waals surface area contributed by atoms with Gasteiger partial charge in [0.15, 0.2) is 0 Å². The molecule has 1 heterocycles. The van der Waals surface area contributed by atoms with Crippen LogP contribution < -0.4 is 4.74 Å². The van der Waals surface area contributed by atoms with Crippen LogP contribution in [-0.4, -0.2) is 31.3 Å². The molecule has 1 aliphatic heterocycles. The Labute approximate surface area is 141 Å². The van der Waals surface area contributed by atoms with Crippen LogP contribution >= 0.6 is 23.4 Å². The summed E-state index contributed by atoms with van der Waals surface area (Å²) in [5.41, 5.74) is 1.27. The van der Waals surface area contributed by atoms with Gasteiger partial charge in [-0.25, -0.2) is 0 Å². The van der Waals surface area contributed by atoms with Crippen molar-refractivity contribution in [3.05, 3.63) is 59.1 Å². The van der Waals surface area contributed by atoms with Gasteiger partial charge in [-0.1, -0.05) is 41.9 Å². The predicted octanol–water partition coefficient (Wildman–Crippen LogP) is 4.74. The first-order chi connectivity index (χ1) is 10.6. The minimum atomic E-state index is 0.0414. The summed E-state index contributed by atoms with van der Waals surface area (Å²) in [5, 5.41) is 0.668. The third kappa shape index (κ3) is 3.43. The topological polar surface area (TPSA) is 12.5 Å². The van der Waals surface area contributed by atoms with Crippen LogP contribution in [0.2, 0.25) is 5.02 Å². The average Bonchev–Trinajstić information content (AvgIpc) is 2.51. The van der Waals surface area contributed by atoms with Crippen LogP contribution in [0.4, 0.5) is 0 Å². The number of rotatable bonds is 4. The number of hydrogen-bond donors (Lipinski definition) is 0. The van der Waals surface area contributed by atoms with E-state index in [2.05, 4.69) is 43.3 Å². The third-order valence-corrected chi connectivity index (χ3v) is 5.39. The number of thioether (sulfide) groups is 1. The van der Waals surface area contributed by atoms with Crippen molar-refractivity contribution in [3.63, 3.8) is 0 Å². The molecule has 2 aromatic carbocycles. The molecule has 2 atom stereocenters. The highest BCUT2D eigenvalue weighted by atomic mass is 35.5. The summed E-state index contributed by atoms with van der Waals surface area (Å²) >= 11 is 8.20. The Kier molecular flexibility index (Phi) is 4.97. The standard InChI is InChI=1S/C18H20ClNOS/c1-20(2)11-13-12-22-17-10-6-3-7-14(17)18(13)21-16-9-5-4-8-15(16)19/h3-10,13,18H,11-12H2,1-2H3/t13-,18-/m1/s1. The molecule has 0 amide bonds. The van der Waals surface area contributed by atoms with Crippen LogP contribution in [0, 0.1) is 5.92 Å². The molecule has 0 unspecified atom stereocenters. The van der Waals surface area contributed by atoms with E-state index >= 15 is 0 Å². The summed E-state index contributed by atoms with van der Waals surface area (Å²) in [5.74, 6) is 2.26. The van der Waals surface area contributed by atoms with Gasteiger partial charge in [-0.05, 0) is 32.3 Å². The lowest BCUT2D eigenvalue weighted by Crippen LogP contribution is -2.33. The first kappa shape index (κ1) is 15.7. The fourth-order valence-electron chi connectivity index (χ4n) is 2.84. The summed E-state index contributed by atoms with van der Waals surface area (Å²) < 4.78 is 6.35. The Bertz CT molecular complexity index is 646. The van der Waals surface area contributed by atoms with Gasteiger partial charge in [0.25, 0.3) is 0 Å². The summed E-state index contributed by atoms with van der Waals surface area (Å²) in [6, 6.07) is 16.2. The molecule has 0 radical (unpaired) electrons. The Morgan fingerprint density at radius 3 is 2.64 bits per heavy atom. The van der Waals surface area contributed by atoms with Crippen molar-refractivity contribution >= 4 is 23.4 Å². The van der Waals surface area contributed by atoms with E-state index in [9.17, 15) is 0 Å². The molecular formula is C18H20ClNOS. The van der Waals surface area contributed by atoms with Crippen molar-refractivity contribution in [3.8, 4) is 5.75 Å². The van der Waals surface area contributed by atoms with Crippen molar-refractivity contribution in [1.82, 2.24) is 4.90 Å². The van der Waals surface area contributed by atoms with Crippen LogP contribution in [0.15, 0.2) is 53.4 Å². The molecule has 1 aliphatic rings. The minimum absolute atomic E-state index is 0.0414. The molecule has 0 aromatic heterocycles. The van der Waals surface area contributed by atoms with E-state index < -0.39 is 0 Å². The average molecular weight is 334 g/mol. The largest absolute Gasteiger partial charge is 0.484 e. The highest BCUT2D eigenvalue weighted by molar-refractivity contribution is 7.99. The van der Waals surface area contributed by atoms with Crippen LogP contribution in [0.3, 0.4) is 0 Å². The van der Waals surface area contributed by atoms with E-state index in [1.807, 2.05) is 36.0 Å². The molecule has 2 nitrogen and oxygen atoms in total. The van der Waals surface area contributed by atoms with E-state index in [4.69, 9.17) is 16.3 Å². The van der Waals surface area contributed by atoms with Gasteiger partial charge in [-0.2, -0.15) is 0 Å². The van der Waals surface area contributed by atoms with Gasteiger partial charge in [-0.3, -0.25) is 0 Å². The molecule has 3 rings (SSSR count). The number of ether oxygens (including phenoxy) is 1. The van der Waals surface area contributed by atoms with Gasteiger partial charge in [-0.15, -0.1) is 11.8 Å². The van der Waals surface area contributed by atoms with Crippen LogP contribution in [0.25, 0.3) is 0 Å². The van der Waals surface area contributed by atoms with Crippen molar-refractivity contribution < 1.29 is 4.74 Å². The second-order valence-electron chi connectivity index (χ2n) is 5.84. The summed E-state index contributed by atoms with van der Waals surface area (Å²) in [6.45, 7) is 0.996. The normalized spacial score (nSPS) is 20.7. The van der Waals surface area contributed by atoms with E-state index in [0.717, 1.165) is 18.0 Å². The smallest absolute Gasteiger partial charge is 0.138 e. The molecule has 116 valence electrons. The van der Waals surface area contributed by atoms with Crippen LogP contribution in [-0.2, 0) is 0 Å². The Morgan fingerprint density at radius 2 is 1.86 bits per heavy atom. The fourth-order valence-corrected chi connectivity index (χ4v) is 4.22.